The molecule has 0 radical (unpaired) electrons. The number of ether oxygens (including phenoxy) is 1. The van der Waals surface area contributed by atoms with Gasteiger partial charge in [0.15, 0.2) is 11.0 Å². The molecule has 2 aliphatic rings. The van der Waals surface area contributed by atoms with Crippen molar-refractivity contribution >= 4 is 28.6 Å². The van der Waals surface area contributed by atoms with Crippen molar-refractivity contribution < 1.29 is 22.7 Å². The molecule has 1 aromatic heterocycles. The molecule has 6 rings (SSSR count). The summed E-state index contributed by atoms with van der Waals surface area (Å²) in [4.78, 5) is 24.0. The highest BCUT2D eigenvalue weighted by molar-refractivity contribution is 8.14. The van der Waals surface area contributed by atoms with Crippen LogP contribution in [0.1, 0.15) is 49.7 Å². The monoisotopic (exact) mass is 620 g/mol. The summed E-state index contributed by atoms with van der Waals surface area (Å²) >= 11 is 1.62. The summed E-state index contributed by atoms with van der Waals surface area (Å²) < 4.78 is 42.7. The lowest BCUT2D eigenvalue weighted by molar-refractivity contribution is -0.274. The third kappa shape index (κ3) is 6.91. The molecule has 1 aliphatic carbocycles. The molecule has 2 unspecified atom stereocenters. The molecule has 1 N–H and O–H groups in total. The van der Waals surface area contributed by atoms with Gasteiger partial charge in [-0.3, -0.25) is 0 Å². The number of hydrogen-bond donors (Lipinski definition) is 1. The number of carbonyl (C=O) groups excluding carboxylic acids is 1. The Kier molecular flexibility index (Phi) is 8.35. The van der Waals surface area contributed by atoms with Crippen molar-refractivity contribution in [3.05, 3.63) is 90.3 Å². The van der Waals surface area contributed by atoms with Gasteiger partial charge in [-0.2, -0.15) is 4.99 Å². The number of rotatable bonds is 7. The Bertz CT molecular complexity index is 1650. The number of alkyl halides is 3. The number of carbonyl (C=O) groups is 1. The van der Waals surface area contributed by atoms with Crippen molar-refractivity contribution in [2.24, 2.45) is 4.99 Å². The van der Waals surface area contributed by atoms with E-state index in [4.69, 9.17) is 0 Å². The van der Waals surface area contributed by atoms with Crippen LogP contribution in [0.15, 0.2) is 84.1 Å². The van der Waals surface area contributed by atoms with Crippen LogP contribution in [0.25, 0.3) is 17.1 Å². The van der Waals surface area contributed by atoms with Crippen molar-refractivity contribution in [3.8, 4) is 22.8 Å². The lowest BCUT2D eigenvalue weighted by atomic mass is 10.0. The first-order valence-electron chi connectivity index (χ1n) is 14.4. The number of nitrogens with one attached hydrogen (secondary N) is 1. The minimum atomic E-state index is -4.74. The van der Waals surface area contributed by atoms with Crippen molar-refractivity contribution in [2.75, 3.05) is 17.2 Å². The zero-order valence-electron chi connectivity index (χ0n) is 24.2. The Hall–Kier alpha value is -4.32. The first-order valence-corrected chi connectivity index (χ1v) is 15.4. The van der Waals surface area contributed by atoms with Crippen LogP contribution in [0.2, 0.25) is 0 Å². The van der Waals surface area contributed by atoms with Crippen LogP contribution < -0.4 is 15.0 Å². The average Bonchev–Trinajstić information content (AvgIpc) is 3.58. The summed E-state index contributed by atoms with van der Waals surface area (Å²) in [7, 11) is 0. The molecular weight excluding hydrogens is 589 g/mol. The van der Waals surface area contributed by atoms with Gasteiger partial charge in [0, 0.05) is 35.5 Å². The zero-order valence-corrected chi connectivity index (χ0v) is 25.0. The number of amides is 2. The highest BCUT2D eigenvalue weighted by Gasteiger charge is 2.39. The second-order valence-corrected chi connectivity index (χ2v) is 12.1. The maximum Gasteiger partial charge on any atom is 0.573 e. The molecule has 44 heavy (non-hydrogen) atoms. The molecule has 2 heterocycles. The summed E-state index contributed by atoms with van der Waals surface area (Å²) in [6.07, 6.45) is -1.37. The van der Waals surface area contributed by atoms with E-state index in [0.717, 1.165) is 47.1 Å². The minimum absolute atomic E-state index is 0.0179. The van der Waals surface area contributed by atoms with Crippen molar-refractivity contribution in [1.82, 2.24) is 20.1 Å². The third-order valence-corrected chi connectivity index (χ3v) is 8.62. The van der Waals surface area contributed by atoms with E-state index in [1.54, 1.807) is 11.8 Å². The molecule has 2 amide bonds. The first-order chi connectivity index (χ1) is 21.1. The van der Waals surface area contributed by atoms with Crippen LogP contribution >= 0.6 is 11.8 Å². The molecular formula is C32H31F3N6O2S. The van der Waals surface area contributed by atoms with Crippen molar-refractivity contribution in [2.45, 2.75) is 50.9 Å². The molecule has 228 valence electrons. The van der Waals surface area contributed by atoms with Gasteiger partial charge in [0.25, 0.3) is 0 Å². The quantitative estimate of drug-likeness (QED) is 0.230. The standard InChI is InChI=1S/C32H31F3N6O2S/c1-20(2)25-6-3-4-7-28(25)40-16-5-17-44-31(40)38-30(42)37-27-18-26(27)21-8-10-22(11-9-21)29-36-19-41(39-29)23-12-14-24(15-13-23)43-32(33,34)35/h3-4,6-15,19-20,26-27H,5,16-18H2,1-2H3,(H,37,42)/b38-31-. The van der Waals surface area contributed by atoms with Gasteiger partial charge in [0.2, 0.25) is 0 Å². The van der Waals surface area contributed by atoms with Gasteiger partial charge in [-0.05, 0) is 60.2 Å². The summed E-state index contributed by atoms with van der Waals surface area (Å²) in [5.74, 6) is 1.67. The average molecular weight is 621 g/mol. The molecule has 1 saturated carbocycles. The van der Waals surface area contributed by atoms with Gasteiger partial charge in [0.1, 0.15) is 12.1 Å². The maximum absolute atomic E-state index is 13.0. The molecule has 12 heteroatoms. The van der Waals surface area contributed by atoms with Crippen LogP contribution in [0, 0.1) is 0 Å². The summed E-state index contributed by atoms with van der Waals surface area (Å²) in [5.41, 5.74) is 4.80. The highest BCUT2D eigenvalue weighted by Crippen LogP contribution is 2.41. The predicted molar refractivity (Wildman–Crippen MR) is 166 cm³/mol. The highest BCUT2D eigenvalue weighted by atomic mass is 32.2. The molecule has 4 aromatic rings. The van der Waals surface area contributed by atoms with Crippen LogP contribution in [0.3, 0.4) is 0 Å². The minimum Gasteiger partial charge on any atom is -0.406 e. The second kappa shape index (κ2) is 12.4. The van der Waals surface area contributed by atoms with Crippen LogP contribution in [0.5, 0.6) is 5.75 Å². The lowest BCUT2D eigenvalue weighted by Crippen LogP contribution is -2.36. The third-order valence-electron chi connectivity index (χ3n) is 7.56. The molecule has 1 aliphatic heterocycles. The Labute approximate surface area is 257 Å². The number of aromatic nitrogens is 3. The van der Waals surface area contributed by atoms with Gasteiger partial charge in [-0.15, -0.1) is 18.3 Å². The van der Waals surface area contributed by atoms with E-state index < -0.39 is 6.36 Å². The summed E-state index contributed by atoms with van der Waals surface area (Å²) in [5, 5.41) is 8.28. The van der Waals surface area contributed by atoms with E-state index in [0.29, 0.717) is 17.4 Å². The fourth-order valence-electron chi connectivity index (χ4n) is 5.30. The van der Waals surface area contributed by atoms with Crippen LogP contribution in [-0.2, 0) is 0 Å². The number of amidine groups is 1. The molecule has 0 bridgehead atoms. The Morgan fingerprint density at radius 1 is 1.07 bits per heavy atom. The van der Waals surface area contributed by atoms with Crippen LogP contribution in [-0.4, -0.2) is 50.7 Å². The maximum atomic E-state index is 13.0. The van der Waals surface area contributed by atoms with E-state index >= 15 is 0 Å². The zero-order chi connectivity index (χ0) is 30.8. The smallest absolute Gasteiger partial charge is 0.406 e. The first kappa shape index (κ1) is 29.7. The van der Waals surface area contributed by atoms with E-state index in [1.165, 1.54) is 40.8 Å². The summed E-state index contributed by atoms with van der Waals surface area (Å²) in [6.45, 7) is 5.17. The number of urea groups is 1. The number of aliphatic imine (C=N–C) groups is 1. The number of hydrogen-bond acceptors (Lipinski definition) is 5. The Balaban J connectivity index is 1.07. The number of nitrogens with zero attached hydrogens (tertiary/aromatic N) is 5. The topological polar surface area (TPSA) is 84.6 Å². The molecule has 2 atom stereocenters. The largest absolute Gasteiger partial charge is 0.573 e. The van der Waals surface area contributed by atoms with E-state index in [9.17, 15) is 18.0 Å². The van der Waals surface area contributed by atoms with Crippen LogP contribution in [0.4, 0.5) is 23.7 Å². The van der Waals surface area contributed by atoms with Gasteiger partial charge in [-0.25, -0.2) is 14.5 Å². The molecule has 8 nitrogen and oxygen atoms in total. The normalized spacial score (nSPS) is 19.3. The van der Waals surface area contributed by atoms with Crippen molar-refractivity contribution in [3.63, 3.8) is 0 Å². The van der Waals surface area contributed by atoms with Gasteiger partial charge >= 0.3 is 12.4 Å². The van der Waals surface area contributed by atoms with Gasteiger partial charge in [0.05, 0.1) is 5.69 Å². The molecule has 0 spiro atoms. The van der Waals surface area contributed by atoms with Crippen molar-refractivity contribution in [1.29, 1.82) is 0 Å². The van der Waals surface area contributed by atoms with Gasteiger partial charge in [-0.1, -0.05) is 68.1 Å². The molecule has 1 saturated heterocycles. The number of benzene rings is 3. The SMILES string of the molecule is CC(C)c1ccccc1N1CCCS/C1=N\C(=O)NC1CC1c1ccc(-c2ncn(-c3ccc(OC(F)(F)F)cc3)n2)cc1. The predicted octanol–water partition coefficient (Wildman–Crippen LogP) is 7.52. The Morgan fingerprint density at radius 2 is 1.82 bits per heavy atom. The Morgan fingerprint density at radius 3 is 2.55 bits per heavy atom. The number of thioether (sulfide) groups is 1. The second-order valence-electron chi connectivity index (χ2n) is 11.0. The number of anilines is 1. The fraction of sp³-hybridized carbons (Fsp3) is 0.312. The lowest BCUT2D eigenvalue weighted by Gasteiger charge is -2.31. The van der Waals surface area contributed by atoms with E-state index in [-0.39, 0.29) is 23.7 Å². The molecule has 3 aromatic carbocycles. The number of halogens is 3. The summed E-state index contributed by atoms with van der Waals surface area (Å²) in [6, 6.07) is 21.3. The van der Waals surface area contributed by atoms with E-state index in [2.05, 4.69) is 56.0 Å². The fourth-order valence-corrected chi connectivity index (χ4v) is 6.25. The molecule has 2 fully saturated rings. The van der Waals surface area contributed by atoms with E-state index in [1.807, 2.05) is 36.4 Å². The van der Waals surface area contributed by atoms with Gasteiger partial charge < -0.3 is 15.0 Å². The number of para-hydroxylation sites is 1.